The molecule has 67 heavy (non-hydrogen) atoms. The number of hydrogen-bond donors (Lipinski definition) is 8. The number of likely N-dealkylation sites (tertiary alicyclic amines) is 1. The van der Waals surface area contributed by atoms with Crippen molar-refractivity contribution in [1.82, 2.24) is 25.8 Å². The van der Waals surface area contributed by atoms with Crippen molar-refractivity contribution in [2.24, 2.45) is 17.6 Å². The summed E-state index contributed by atoms with van der Waals surface area (Å²) in [6.07, 6.45) is -3.30. The number of rotatable bonds is 20. The number of aliphatic hydroxyl groups is 4. The lowest BCUT2D eigenvalue weighted by atomic mass is 9.72. The number of pyridine rings is 1. The quantitative estimate of drug-likeness (QED) is 0.0592. The molecule has 1 aromatic heterocycles. The molecule has 9 N–H and O–H groups in total. The normalized spacial score (nSPS) is 25.8. The minimum Gasteiger partial charge on any atom is -0.459 e. The molecular formula is C49H68N6O12. The van der Waals surface area contributed by atoms with E-state index in [0.717, 1.165) is 36.6 Å². The molecule has 3 aromatic rings. The van der Waals surface area contributed by atoms with Crippen molar-refractivity contribution in [3.05, 3.63) is 78.0 Å². The van der Waals surface area contributed by atoms with Crippen LogP contribution < -0.4 is 21.7 Å². The number of carbonyl (C=O) groups is 5. The van der Waals surface area contributed by atoms with Crippen LogP contribution in [-0.2, 0) is 39.8 Å². The first-order chi connectivity index (χ1) is 32.0. The Labute approximate surface area is 391 Å². The van der Waals surface area contributed by atoms with Crippen LogP contribution in [0, 0.1) is 11.8 Å². The zero-order valence-corrected chi connectivity index (χ0v) is 38.6. The fraction of sp³-hybridized carbons (Fsp3) is 0.592. The monoisotopic (exact) mass is 932 g/mol. The maximum absolute atomic E-state index is 14.5. The molecule has 2 aliphatic heterocycles. The second-order valence-corrected chi connectivity index (χ2v) is 19.2. The summed E-state index contributed by atoms with van der Waals surface area (Å²) >= 11 is 0. The van der Waals surface area contributed by atoms with Gasteiger partial charge in [-0.2, -0.15) is 0 Å². The van der Waals surface area contributed by atoms with E-state index in [2.05, 4.69) is 25.8 Å². The Morgan fingerprint density at radius 1 is 0.896 bits per heavy atom. The Morgan fingerprint density at radius 3 is 2.33 bits per heavy atom. The lowest BCUT2D eigenvalue weighted by molar-refractivity contribution is -0.301. The second-order valence-electron chi connectivity index (χ2n) is 19.2. The number of unbranched alkanes of at least 4 members (excludes halogenated alkanes) is 1. The predicted octanol–water partition coefficient (Wildman–Crippen LogP) is 1.63. The van der Waals surface area contributed by atoms with Gasteiger partial charge >= 0.3 is 5.97 Å². The van der Waals surface area contributed by atoms with Crippen molar-refractivity contribution in [1.29, 1.82) is 0 Å². The third-order valence-electron chi connectivity index (χ3n) is 12.8. The third kappa shape index (κ3) is 14.5. The maximum atomic E-state index is 14.5. The summed E-state index contributed by atoms with van der Waals surface area (Å²) < 4.78 is 17.4. The lowest BCUT2D eigenvalue weighted by Gasteiger charge is -2.47. The number of amides is 4. The molecule has 2 saturated heterocycles. The molecule has 366 valence electrons. The number of piperidine rings is 1. The molecule has 3 fully saturated rings. The number of aromatic nitrogens is 1. The first kappa shape index (κ1) is 51.3. The third-order valence-corrected chi connectivity index (χ3v) is 12.8. The molecule has 3 heterocycles. The van der Waals surface area contributed by atoms with Gasteiger partial charge in [-0.15, -0.1) is 0 Å². The molecule has 0 radical (unpaired) electrons. The van der Waals surface area contributed by atoms with Crippen LogP contribution in [0.3, 0.4) is 0 Å². The van der Waals surface area contributed by atoms with Gasteiger partial charge < -0.3 is 56.3 Å². The Kier molecular flexibility index (Phi) is 18.2. The highest BCUT2D eigenvalue weighted by molar-refractivity contribution is 5.99. The molecule has 4 amide bonds. The molecule has 3 aliphatic rings. The number of fused-ring (bicyclic) bond motifs is 2. The zero-order valence-electron chi connectivity index (χ0n) is 38.6. The van der Waals surface area contributed by atoms with E-state index in [4.69, 9.17) is 19.9 Å². The van der Waals surface area contributed by atoms with Crippen molar-refractivity contribution >= 4 is 40.5 Å². The summed E-state index contributed by atoms with van der Waals surface area (Å²) in [5.41, 5.74) is 6.51. The fourth-order valence-corrected chi connectivity index (χ4v) is 9.37. The van der Waals surface area contributed by atoms with Gasteiger partial charge in [0.2, 0.25) is 17.7 Å². The molecule has 2 aromatic carbocycles. The lowest BCUT2D eigenvalue weighted by Crippen LogP contribution is -2.61. The van der Waals surface area contributed by atoms with Crippen molar-refractivity contribution in [2.45, 2.75) is 145 Å². The van der Waals surface area contributed by atoms with Crippen molar-refractivity contribution < 1.29 is 58.6 Å². The van der Waals surface area contributed by atoms with Gasteiger partial charge in [0, 0.05) is 37.0 Å². The number of nitrogens with one attached hydrogen (secondary N) is 3. The van der Waals surface area contributed by atoms with E-state index in [1.165, 1.54) is 6.07 Å². The second kappa shape index (κ2) is 23.8. The van der Waals surface area contributed by atoms with Crippen LogP contribution in [0.4, 0.5) is 0 Å². The van der Waals surface area contributed by atoms with Gasteiger partial charge in [-0.1, -0.05) is 73.9 Å². The van der Waals surface area contributed by atoms with Gasteiger partial charge in [0.15, 0.2) is 6.29 Å². The van der Waals surface area contributed by atoms with Crippen molar-refractivity contribution in [3.63, 3.8) is 0 Å². The van der Waals surface area contributed by atoms with E-state index in [1.807, 2.05) is 63.2 Å². The summed E-state index contributed by atoms with van der Waals surface area (Å²) in [6.45, 7) is 5.80. The number of nitrogens with two attached hydrogens (primary N) is 1. The number of aliphatic hydroxyl groups excluding tert-OH is 4. The van der Waals surface area contributed by atoms with Crippen molar-refractivity contribution in [3.8, 4) is 0 Å². The highest BCUT2D eigenvalue weighted by Crippen LogP contribution is 2.39. The number of primary amides is 1. The van der Waals surface area contributed by atoms with E-state index in [9.17, 15) is 44.4 Å². The van der Waals surface area contributed by atoms with Crippen LogP contribution in [-0.4, -0.2) is 147 Å². The molecule has 6 rings (SSSR count). The minimum absolute atomic E-state index is 0.00527. The van der Waals surface area contributed by atoms with Crippen LogP contribution in [0.25, 0.3) is 10.9 Å². The molecule has 0 bridgehead atoms. The smallest absolute Gasteiger partial charge is 0.306 e. The van der Waals surface area contributed by atoms with E-state index in [1.54, 1.807) is 18.2 Å². The van der Waals surface area contributed by atoms with Gasteiger partial charge in [0.25, 0.3) is 5.91 Å². The number of para-hydroxylation sites is 1. The molecular weight excluding hydrogens is 865 g/mol. The minimum atomic E-state index is -1.60. The summed E-state index contributed by atoms with van der Waals surface area (Å²) in [5.74, 6) is -2.36. The number of carbonyl (C=O) groups excluding carboxylic acids is 5. The maximum Gasteiger partial charge on any atom is 0.306 e. The fourth-order valence-electron chi connectivity index (χ4n) is 9.37. The van der Waals surface area contributed by atoms with Crippen molar-refractivity contribution in [2.75, 3.05) is 26.3 Å². The SMILES string of the molecule is CC(C)(C)NC(=O)[C@@H]1C[C@@H]2CCCC[C@@H]2CN1C[C@@H](OC(=O)CCCCO[C@H]1O[C@H](CO)[C@@H](O)[C@H](O)[C@@H]1O)[C@H](Cc1ccccc1)NC(=O)[C@H](CC(N)=O)NC(=O)c1ccc2ccccc2n1. The van der Waals surface area contributed by atoms with Gasteiger partial charge in [0.1, 0.15) is 42.3 Å². The van der Waals surface area contributed by atoms with Crippen LogP contribution in [0.15, 0.2) is 66.7 Å². The molecule has 18 heteroatoms. The Balaban J connectivity index is 1.25. The predicted molar refractivity (Wildman–Crippen MR) is 246 cm³/mol. The Bertz CT molecular complexity index is 2140. The topological polar surface area (TPSA) is 272 Å². The molecule has 1 aliphatic carbocycles. The van der Waals surface area contributed by atoms with Crippen LogP contribution in [0.5, 0.6) is 0 Å². The molecule has 18 nitrogen and oxygen atoms in total. The van der Waals surface area contributed by atoms with E-state index >= 15 is 0 Å². The molecule has 11 atom stereocenters. The standard InChI is InChI=1S/C49H68N6O12/c1-49(2,3)54-47(64)37-24-31-16-7-8-17-32(31)26-55(37)27-38(66-41(58)19-11-12-22-65-48-44(61)43(60)42(59)39(28-56)67-48)35(23-29-13-5-4-6-14-29)52-46(63)36(25-40(50)57)53-45(62)34-21-20-30-15-9-10-18-33(30)51-34/h4-6,9-10,13-15,18,20-21,31-32,35-39,42-44,48,56,59-61H,7-8,11-12,16-17,19,22-28H2,1-3H3,(H2,50,57)(H,52,63)(H,53,62)(H,54,64)/t31-,32+,35-,36-,37-,38+,39+,42+,43-,44-,48-/m0/s1. The van der Waals surface area contributed by atoms with Gasteiger partial charge in [0.05, 0.1) is 30.6 Å². The van der Waals surface area contributed by atoms with Gasteiger partial charge in [-0.25, -0.2) is 4.98 Å². The van der Waals surface area contributed by atoms with Crippen LogP contribution >= 0.6 is 0 Å². The number of hydrogen-bond acceptors (Lipinski definition) is 14. The number of benzene rings is 2. The Hall–Kier alpha value is -5.08. The van der Waals surface area contributed by atoms with Gasteiger partial charge in [-0.3, -0.25) is 28.9 Å². The average Bonchev–Trinajstić information content (AvgIpc) is 3.29. The zero-order chi connectivity index (χ0) is 48.3. The number of nitrogens with zero attached hydrogens (tertiary/aromatic N) is 2. The average molecular weight is 933 g/mol. The summed E-state index contributed by atoms with van der Waals surface area (Å²) in [7, 11) is 0. The highest BCUT2D eigenvalue weighted by atomic mass is 16.7. The summed E-state index contributed by atoms with van der Waals surface area (Å²) in [5, 5.41) is 49.8. The molecule has 0 unspecified atom stereocenters. The van der Waals surface area contributed by atoms with Crippen LogP contribution in [0.1, 0.15) is 94.6 Å². The van der Waals surface area contributed by atoms with Gasteiger partial charge in [-0.05, 0) is 82.4 Å². The first-order valence-electron chi connectivity index (χ1n) is 23.5. The number of esters is 1. The first-order valence-corrected chi connectivity index (χ1v) is 23.5. The molecule has 0 spiro atoms. The molecule has 1 saturated carbocycles. The Morgan fingerprint density at radius 2 is 1.61 bits per heavy atom. The largest absolute Gasteiger partial charge is 0.459 e. The van der Waals surface area contributed by atoms with Crippen LogP contribution in [0.2, 0.25) is 0 Å². The summed E-state index contributed by atoms with van der Waals surface area (Å²) in [6, 6.07) is 16.8. The summed E-state index contributed by atoms with van der Waals surface area (Å²) in [4.78, 5) is 75.2. The van der Waals surface area contributed by atoms with E-state index in [0.29, 0.717) is 36.7 Å². The van der Waals surface area contributed by atoms with E-state index in [-0.39, 0.29) is 44.0 Å². The van der Waals surface area contributed by atoms with E-state index < -0.39 is 97.2 Å². The number of ether oxygens (including phenoxy) is 3. The highest BCUT2D eigenvalue weighted by Gasteiger charge is 2.45.